The Hall–Kier alpha value is -0.560. The van der Waals surface area contributed by atoms with Crippen LogP contribution in [0.4, 0.5) is 0 Å². The molecule has 0 atom stereocenters. The summed E-state index contributed by atoms with van der Waals surface area (Å²) in [6.07, 6.45) is 4.81. The Labute approximate surface area is 82.9 Å². The maximum atomic E-state index is 4.02. The number of hydrogen-bond acceptors (Lipinski definition) is 1. The first-order valence-corrected chi connectivity index (χ1v) is 5.18. The summed E-state index contributed by atoms with van der Waals surface area (Å²) in [5.74, 6) is 0. The van der Waals surface area contributed by atoms with E-state index in [2.05, 4.69) is 32.3 Å². The van der Waals surface area contributed by atoms with Gasteiger partial charge >= 0.3 is 0 Å². The summed E-state index contributed by atoms with van der Waals surface area (Å²) in [5.41, 5.74) is 2.61. The quantitative estimate of drug-likeness (QED) is 0.447. The van der Waals surface area contributed by atoms with Gasteiger partial charge in [-0.3, -0.25) is 0 Å². The molecule has 1 nitrogen and oxygen atoms in total. The summed E-state index contributed by atoms with van der Waals surface area (Å²) in [6, 6.07) is 0. The Morgan fingerprint density at radius 3 is 2.31 bits per heavy atom. The predicted molar refractivity (Wildman–Crippen MR) is 61.0 cm³/mol. The van der Waals surface area contributed by atoms with Crippen LogP contribution < -0.4 is 5.32 Å². The first kappa shape index (κ1) is 12.4. The molecule has 0 spiro atoms. The van der Waals surface area contributed by atoms with Gasteiger partial charge in [-0.1, -0.05) is 24.6 Å². The molecule has 0 saturated carbocycles. The number of unbranched alkanes of at least 4 members (excludes halogenated alkanes) is 1. The number of rotatable bonds is 8. The molecule has 76 valence electrons. The van der Waals surface area contributed by atoms with Gasteiger partial charge in [-0.2, -0.15) is 0 Å². The first-order valence-electron chi connectivity index (χ1n) is 5.18. The third-order valence-corrected chi connectivity index (χ3v) is 2.01. The molecule has 0 saturated heterocycles. The standard InChI is InChI=1S/C12H23N/c1-5-13-10-12(4)9-7-6-8-11(2)3/h13H,2,4-10H2,1,3H3. The molecule has 0 aliphatic carbocycles. The Morgan fingerprint density at radius 2 is 1.77 bits per heavy atom. The van der Waals surface area contributed by atoms with Gasteiger partial charge < -0.3 is 5.32 Å². The largest absolute Gasteiger partial charge is 0.313 e. The van der Waals surface area contributed by atoms with Crippen LogP contribution >= 0.6 is 0 Å². The molecule has 0 unspecified atom stereocenters. The van der Waals surface area contributed by atoms with Gasteiger partial charge in [0.05, 0.1) is 0 Å². The molecule has 13 heavy (non-hydrogen) atoms. The lowest BCUT2D eigenvalue weighted by Gasteiger charge is -2.05. The lowest BCUT2D eigenvalue weighted by molar-refractivity contribution is 0.689. The SMILES string of the molecule is C=C(C)CCCCC(=C)CNCC. The monoisotopic (exact) mass is 181 g/mol. The fourth-order valence-electron chi connectivity index (χ4n) is 1.19. The molecule has 1 N–H and O–H groups in total. The van der Waals surface area contributed by atoms with Crippen LogP contribution in [-0.4, -0.2) is 13.1 Å². The minimum absolute atomic E-state index is 0.976. The van der Waals surface area contributed by atoms with E-state index in [4.69, 9.17) is 0 Å². The molecule has 0 aromatic heterocycles. The van der Waals surface area contributed by atoms with Gasteiger partial charge in [-0.05, 0) is 39.2 Å². The summed E-state index contributed by atoms with van der Waals surface area (Å²) in [6.45, 7) is 14.1. The van der Waals surface area contributed by atoms with Crippen molar-refractivity contribution in [1.82, 2.24) is 5.32 Å². The zero-order chi connectivity index (χ0) is 10.1. The van der Waals surface area contributed by atoms with Crippen molar-refractivity contribution in [2.45, 2.75) is 39.5 Å². The summed E-state index contributed by atoms with van der Waals surface area (Å²) in [5, 5.41) is 3.28. The molecule has 0 bridgehead atoms. The van der Waals surface area contributed by atoms with E-state index in [0.717, 1.165) is 25.9 Å². The van der Waals surface area contributed by atoms with E-state index in [1.807, 2.05) is 0 Å². The average molecular weight is 181 g/mol. The molecule has 0 fully saturated rings. The second-order valence-electron chi connectivity index (χ2n) is 3.69. The van der Waals surface area contributed by atoms with Crippen LogP contribution in [0.25, 0.3) is 0 Å². The van der Waals surface area contributed by atoms with Crippen molar-refractivity contribution >= 4 is 0 Å². The average Bonchev–Trinajstić information content (AvgIpc) is 2.08. The van der Waals surface area contributed by atoms with Crippen LogP contribution in [0.1, 0.15) is 39.5 Å². The van der Waals surface area contributed by atoms with Crippen LogP contribution in [0.15, 0.2) is 24.3 Å². The summed E-state index contributed by atoms with van der Waals surface area (Å²) in [7, 11) is 0. The molecule has 0 aromatic carbocycles. The highest BCUT2D eigenvalue weighted by Crippen LogP contribution is 2.09. The van der Waals surface area contributed by atoms with Gasteiger partial charge in [0.15, 0.2) is 0 Å². The second kappa shape index (κ2) is 8.06. The van der Waals surface area contributed by atoms with Gasteiger partial charge in [-0.25, -0.2) is 0 Å². The van der Waals surface area contributed by atoms with Gasteiger partial charge in [-0.15, -0.1) is 6.58 Å². The van der Waals surface area contributed by atoms with E-state index in [1.54, 1.807) is 0 Å². The van der Waals surface area contributed by atoms with Crippen molar-refractivity contribution in [2.75, 3.05) is 13.1 Å². The maximum Gasteiger partial charge on any atom is 0.0161 e. The highest BCUT2D eigenvalue weighted by Gasteiger charge is 1.94. The van der Waals surface area contributed by atoms with Crippen LogP contribution in [0.5, 0.6) is 0 Å². The third kappa shape index (κ3) is 9.35. The van der Waals surface area contributed by atoms with Crippen LogP contribution in [0.3, 0.4) is 0 Å². The summed E-state index contributed by atoms with van der Waals surface area (Å²) in [4.78, 5) is 0. The minimum Gasteiger partial charge on any atom is -0.313 e. The molecular weight excluding hydrogens is 158 g/mol. The van der Waals surface area contributed by atoms with E-state index in [1.165, 1.54) is 24.0 Å². The fourth-order valence-corrected chi connectivity index (χ4v) is 1.19. The molecule has 0 rings (SSSR count). The highest BCUT2D eigenvalue weighted by molar-refractivity contribution is 4.96. The maximum absolute atomic E-state index is 4.02. The molecule has 0 aliphatic rings. The van der Waals surface area contributed by atoms with E-state index in [-0.39, 0.29) is 0 Å². The van der Waals surface area contributed by atoms with Crippen LogP contribution in [0, 0.1) is 0 Å². The smallest absolute Gasteiger partial charge is 0.0161 e. The Morgan fingerprint density at radius 1 is 1.15 bits per heavy atom. The molecule has 0 radical (unpaired) electrons. The number of hydrogen-bond donors (Lipinski definition) is 1. The second-order valence-corrected chi connectivity index (χ2v) is 3.69. The van der Waals surface area contributed by atoms with Crippen LogP contribution in [0.2, 0.25) is 0 Å². The fraction of sp³-hybridized carbons (Fsp3) is 0.667. The van der Waals surface area contributed by atoms with Gasteiger partial charge in [0.2, 0.25) is 0 Å². The van der Waals surface area contributed by atoms with Crippen molar-refractivity contribution in [3.63, 3.8) is 0 Å². The van der Waals surface area contributed by atoms with Gasteiger partial charge in [0, 0.05) is 6.54 Å². The van der Waals surface area contributed by atoms with Crippen molar-refractivity contribution in [3.8, 4) is 0 Å². The molecule has 0 heterocycles. The minimum atomic E-state index is 0.976. The van der Waals surface area contributed by atoms with Gasteiger partial charge in [0.25, 0.3) is 0 Å². The van der Waals surface area contributed by atoms with Crippen molar-refractivity contribution in [3.05, 3.63) is 24.3 Å². The Bertz CT molecular complexity index is 159. The zero-order valence-corrected chi connectivity index (χ0v) is 9.16. The van der Waals surface area contributed by atoms with Crippen LogP contribution in [-0.2, 0) is 0 Å². The zero-order valence-electron chi connectivity index (χ0n) is 9.16. The number of likely N-dealkylation sites (N-methyl/N-ethyl adjacent to an activating group) is 1. The summed E-state index contributed by atoms with van der Waals surface area (Å²) < 4.78 is 0. The van der Waals surface area contributed by atoms with E-state index < -0.39 is 0 Å². The molecule has 0 aromatic rings. The highest BCUT2D eigenvalue weighted by atomic mass is 14.8. The topological polar surface area (TPSA) is 12.0 Å². The van der Waals surface area contributed by atoms with Crippen molar-refractivity contribution in [2.24, 2.45) is 0 Å². The predicted octanol–water partition coefficient (Wildman–Crippen LogP) is 3.29. The molecule has 1 heteroatoms. The van der Waals surface area contributed by atoms with E-state index in [0.29, 0.717) is 0 Å². The third-order valence-electron chi connectivity index (χ3n) is 2.01. The Balaban J connectivity index is 3.22. The summed E-state index contributed by atoms with van der Waals surface area (Å²) >= 11 is 0. The number of allylic oxidation sites excluding steroid dienone is 1. The Kier molecular flexibility index (Phi) is 7.71. The normalized spacial score (nSPS) is 10.0. The number of nitrogens with one attached hydrogen (secondary N) is 1. The molecular formula is C12H23N. The van der Waals surface area contributed by atoms with E-state index >= 15 is 0 Å². The van der Waals surface area contributed by atoms with Crippen molar-refractivity contribution < 1.29 is 0 Å². The lowest BCUT2D eigenvalue weighted by Crippen LogP contribution is -2.15. The van der Waals surface area contributed by atoms with Crippen molar-refractivity contribution in [1.29, 1.82) is 0 Å². The van der Waals surface area contributed by atoms with E-state index in [9.17, 15) is 0 Å². The lowest BCUT2D eigenvalue weighted by atomic mass is 10.1. The molecule has 0 amide bonds. The molecule has 0 aliphatic heterocycles. The van der Waals surface area contributed by atoms with Gasteiger partial charge in [0.1, 0.15) is 0 Å². The first-order chi connectivity index (χ1) is 6.16.